The lowest BCUT2D eigenvalue weighted by molar-refractivity contribution is 0.483. The van der Waals surface area contributed by atoms with Gasteiger partial charge in [0.1, 0.15) is 11.5 Å². The van der Waals surface area contributed by atoms with Crippen molar-refractivity contribution >= 4 is 38.9 Å². The Hall–Kier alpha value is -4.84. The molecule has 2 aromatic heterocycles. The van der Waals surface area contributed by atoms with Crippen molar-refractivity contribution in [3.8, 4) is 17.4 Å². The molecule has 0 aliphatic heterocycles. The first-order chi connectivity index (χ1) is 18.4. The molecule has 6 rings (SSSR count). The van der Waals surface area contributed by atoms with E-state index in [9.17, 15) is 0 Å². The predicted molar refractivity (Wildman–Crippen MR) is 156 cm³/mol. The van der Waals surface area contributed by atoms with Gasteiger partial charge in [-0.05, 0) is 48.5 Å². The smallest absolute Gasteiger partial charge is 0.234 e. The Morgan fingerprint density at radius 2 is 1.53 bits per heavy atom. The molecule has 0 saturated carbocycles. The zero-order valence-corrected chi connectivity index (χ0v) is 21.6. The Balaban J connectivity index is 1.41. The molecule has 0 radical (unpaired) electrons. The summed E-state index contributed by atoms with van der Waals surface area (Å²) in [6.45, 7) is 6.48. The summed E-state index contributed by atoms with van der Waals surface area (Å²) in [5, 5.41) is 5.63. The highest BCUT2D eigenvalue weighted by molar-refractivity contribution is 6.09. The molecule has 6 nitrogen and oxygen atoms in total. The van der Waals surface area contributed by atoms with Crippen LogP contribution in [0.4, 0.5) is 17.1 Å². The highest BCUT2D eigenvalue weighted by Gasteiger charge is 2.19. The minimum absolute atomic E-state index is 0.0891. The number of nitrogens with two attached hydrogens (primary N) is 1. The van der Waals surface area contributed by atoms with Crippen LogP contribution in [0.2, 0.25) is 0 Å². The minimum Gasteiger partial charge on any atom is -0.457 e. The largest absolute Gasteiger partial charge is 0.457 e. The standard InChI is InChI=1S/C32H29N5O/c1-32(2,3)30-17-18-34-31(36-30)37-28-14-7-4-11-24(28)25-16-15-23(20-29(25)37)38-22-10-8-9-21(19-22)35-27-13-6-5-12-26(27)33/h4-20,35H,33H2,1-3H3. The molecule has 4 aromatic carbocycles. The van der Waals surface area contributed by atoms with Gasteiger partial charge in [0.05, 0.1) is 28.1 Å². The molecule has 3 N–H and O–H groups in total. The molecule has 0 amide bonds. The molecule has 188 valence electrons. The second-order valence-electron chi connectivity index (χ2n) is 10.4. The normalized spacial score (nSPS) is 11.7. The van der Waals surface area contributed by atoms with E-state index < -0.39 is 0 Å². The van der Waals surface area contributed by atoms with Crippen molar-refractivity contribution in [2.75, 3.05) is 11.1 Å². The van der Waals surface area contributed by atoms with Crippen LogP contribution in [0.15, 0.2) is 103 Å². The van der Waals surface area contributed by atoms with Crippen molar-refractivity contribution < 1.29 is 4.74 Å². The summed E-state index contributed by atoms with van der Waals surface area (Å²) in [5.41, 5.74) is 11.5. The Kier molecular flexibility index (Phi) is 5.72. The lowest BCUT2D eigenvalue weighted by Gasteiger charge is -2.18. The van der Waals surface area contributed by atoms with Crippen LogP contribution < -0.4 is 15.8 Å². The SMILES string of the molecule is CC(C)(C)c1ccnc(-n2c3ccccc3c3ccc(Oc4cccc(Nc5ccccc5N)c4)cc32)n1. The van der Waals surface area contributed by atoms with Gasteiger partial charge in [-0.2, -0.15) is 0 Å². The van der Waals surface area contributed by atoms with E-state index >= 15 is 0 Å². The molecular formula is C32H29N5O. The number of fused-ring (bicyclic) bond motifs is 3. The highest BCUT2D eigenvalue weighted by Crippen LogP contribution is 2.35. The molecule has 0 bridgehead atoms. The second-order valence-corrected chi connectivity index (χ2v) is 10.4. The van der Waals surface area contributed by atoms with E-state index in [0.717, 1.165) is 50.4 Å². The van der Waals surface area contributed by atoms with Gasteiger partial charge in [0.25, 0.3) is 0 Å². The number of hydrogen-bond donors (Lipinski definition) is 2. The van der Waals surface area contributed by atoms with E-state index in [4.69, 9.17) is 15.5 Å². The first-order valence-electron chi connectivity index (χ1n) is 12.6. The van der Waals surface area contributed by atoms with Crippen LogP contribution in [0, 0.1) is 0 Å². The predicted octanol–water partition coefficient (Wildman–Crippen LogP) is 7.99. The number of rotatable bonds is 5. The number of para-hydroxylation sites is 3. The molecule has 0 atom stereocenters. The lowest BCUT2D eigenvalue weighted by Crippen LogP contribution is -2.15. The van der Waals surface area contributed by atoms with Crippen molar-refractivity contribution in [2.24, 2.45) is 0 Å². The molecule has 0 saturated heterocycles. The second kappa shape index (κ2) is 9.23. The van der Waals surface area contributed by atoms with Crippen molar-refractivity contribution in [3.63, 3.8) is 0 Å². The summed E-state index contributed by atoms with van der Waals surface area (Å²) >= 11 is 0. The van der Waals surface area contributed by atoms with Gasteiger partial charge >= 0.3 is 0 Å². The van der Waals surface area contributed by atoms with E-state index in [1.54, 1.807) is 0 Å². The van der Waals surface area contributed by atoms with E-state index in [1.165, 1.54) is 0 Å². The molecule has 0 aliphatic carbocycles. The summed E-state index contributed by atoms with van der Waals surface area (Å²) in [6.07, 6.45) is 1.84. The molecular weight excluding hydrogens is 470 g/mol. The molecule has 2 heterocycles. The van der Waals surface area contributed by atoms with Gasteiger partial charge in [-0.1, -0.05) is 57.2 Å². The molecule has 0 spiro atoms. The van der Waals surface area contributed by atoms with Crippen LogP contribution in [-0.4, -0.2) is 14.5 Å². The number of nitrogens with one attached hydrogen (secondary N) is 1. The van der Waals surface area contributed by atoms with E-state index in [0.29, 0.717) is 11.6 Å². The van der Waals surface area contributed by atoms with Gasteiger partial charge in [-0.25, -0.2) is 9.97 Å². The van der Waals surface area contributed by atoms with Crippen LogP contribution in [0.25, 0.3) is 27.8 Å². The molecule has 0 fully saturated rings. The molecule has 0 unspecified atom stereocenters. The highest BCUT2D eigenvalue weighted by atomic mass is 16.5. The average molecular weight is 500 g/mol. The Labute approximate surface area is 221 Å². The lowest BCUT2D eigenvalue weighted by atomic mass is 9.92. The van der Waals surface area contributed by atoms with Crippen LogP contribution in [-0.2, 0) is 5.41 Å². The summed E-state index contributed by atoms with van der Waals surface area (Å²) in [6, 6.07) is 32.0. The number of nitrogen functional groups attached to an aromatic ring is 1. The molecule has 0 aliphatic rings. The maximum Gasteiger partial charge on any atom is 0.234 e. The molecule has 6 heteroatoms. The number of hydrogen-bond acceptors (Lipinski definition) is 5. The number of benzene rings is 4. The van der Waals surface area contributed by atoms with Gasteiger partial charge in [0.15, 0.2) is 0 Å². The van der Waals surface area contributed by atoms with E-state index in [-0.39, 0.29) is 5.41 Å². The summed E-state index contributed by atoms with van der Waals surface area (Å²) in [4.78, 5) is 9.61. The minimum atomic E-state index is -0.0891. The van der Waals surface area contributed by atoms with Gasteiger partial charge in [0, 0.05) is 40.2 Å². The average Bonchev–Trinajstić information content (AvgIpc) is 3.23. The quantitative estimate of drug-likeness (QED) is 0.235. The summed E-state index contributed by atoms with van der Waals surface area (Å²) < 4.78 is 8.45. The van der Waals surface area contributed by atoms with Crippen LogP contribution in [0.1, 0.15) is 26.5 Å². The van der Waals surface area contributed by atoms with Crippen molar-refractivity contribution in [1.29, 1.82) is 0 Å². The Bertz CT molecular complexity index is 1780. The first-order valence-corrected chi connectivity index (χ1v) is 12.6. The third-order valence-electron chi connectivity index (χ3n) is 6.57. The number of nitrogens with zero attached hydrogens (tertiary/aromatic N) is 3. The monoisotopic (exact) mass is 499 g/mol. The van der Waals surface area contributed by atoms with Crippen LogP contribution in [0.3, 0.4) is 0 Å². The zero-order valence-electron chi connectivity index (χ0n) is 21.6. The third kappa shape index (κ3) is 4.41. The molecule has 38 heavy (non-hydrogen) atoms. The number of anilines is 3. The van der Waals surface area contributed by atoms with Crippen LogP contribution in [0.5, 0.6) is 11.5 Å². The number of aromatic nitrogens is 3. The fourth-order valence-corrected chi connectivity index (χ4v) is 4.64. The summed E-state index contributed by atoms with van der Waals surface area (Å²) in [5.74, 6) is 2.09. The zero-order chi connectivity index (χ0) is 26.3. The van der Waals surface area contributed by atoms with E-state index in [2.05, 4.69) is 66.0 Å². The topological polar surface area (TPSA) is 78.0 Å². The fraction of sp³-hybridized carbons (Fsp3) is 0.125. The van der Waals surface area contributed by atoms with Gasteiger partial charge < -0.3 is 15.8 Å². The maximum atomic E-state index is 6.33. The van der Waals surface area contributed by atoms with Gasteiger partial charge in [0.2, 0.25) is 5.95 Å². The Morgan fingerprint density at radius 3 is 2.37 bits per heavy atom. The van der Waals surface area contributed by atoms with Gasteiger partial charge in [-0.3, -0.25) is 4.57 Å². The summed E-state index contributed by atoms with van der Waals surface area (Å²) in [7, 11) is 0. The van der Waals surface area contributed by atoms with Crippen molar-refractivity contribution in [2.45, 2.75) is 26.2 Å². The Morgan fingerprint density at radius 1 is 0.763 bits per heavy atom. The number of ether oxygens (including phenoxy) is 1. The first kappa shape index (κ1) is 23.6. The van der Waals surface area contributed by atoms with Crippen molar-refractivity contribution in [1.82, 2.24) is 14.5 Å². The van der Waals surface area contributed by atoms with E-state index in [1.807, 2.05) is 72.9 Å². The van der Waals surface area contributed by atoms with Gasteiger partial charge in [-0.15, -0.1) is 0 Å². The molecule has 6 aromatic rings. The van der Waals surface area contributed by atoms with Crippen molar-refractivity contribution in [3.05, 3.63) is 109 Å². The fourth-order valence-electron chi connectivity index (χ4n) is 4.64. The third-order valence-corrected chi connectivity index (χ3v) is 6.57. The van der Waals surface area contributed by atoms with Crippen LogP contribution >= 0.6 is 0 Å². The maximum absolute atomic E-state index is 6.33.